The maximum absolute atomic E-state index is 10.2. The van der Waals surface area contributed by atoms with E-state index in [-0.39, 0.29) is 10.8 Å². The summed E-state index contributed by atoms with van der Waals surface area (Å²) in [6, 6.07) is 45.2. The number of nitriles is 1. The Bertz CT molecular complexity index is 2730. The molecule has 50 heavy (non-hydrogen) atoms. The zero-order chi connectivity index (χ0) is 34.9. The molecular weight excluding hydrogens is 609 g/mol. The summed E-state index contributed by atoms with van der Waals surface area (Å²) in [5, 5.41) is 14.9. The highest BCUT2D eigenvalue weighted by Gasteiger charge is 2.23. The zero-order valence-electron chi connectivity index (χ0n) is 29.3. The minimum atomic E-state index is -0.0532. The molecule has 8 aromatic rings. The number of para-hydroxylation sites is 1. The first kappa shape index (κ1) is 31.2. The fourth-order valence-electron chi connectivity index (χ4n) is 7.42. The molecule has 0 aliphatic rings. The van der Waals surface area contributed by atoms with Crippen LogP contribution >= 0.6 is 0 Å². The summed E-state index contributed by atoms with van der Waals surface area (Å²) in [7, 11) is 0. The van der Waals surface area contributed by atoms with Crippen molar-refractivity contribution in [1.82, 2.24) is 9.13 Å². The SMILES string of the molecule is [C-]#[N+]c1ccc(C#N)c(-n2c3ccc(C(C)(C)C)cc3c3c(-c4ccc5c(c4)c4cc(C(C)(C)C)ccc4n5-c4ccccc4)cccc32)c1. The summed E-state index contributed by atoms with van der Waals surface area (Å²) in [6.07, 6.45) is 0. The highest BCUT2D eigenvalue weighted by atomic mass is 15.0. The Hall–Kier alpha value is -6.10. The van der Waals surface area contributed by atoms with E-state index in [4.69, 9.17) is 6.57 Å². The third-order valence-corrected chi connectivity index (χ3v) is 10.1. The Morgan fingerprint density at radius 1 is 0.580 bits per heavy atom. The van der Waals surface area contributed by atoms with Gasteiger partial charge < -0.3 is 9.13 Å². The van der Waals surface area contributed by atoms with Gasteiger partial charge in [-0.1, -0.05) is 102 Å². The lowest BCUT2D eigenvalue weighted by atomic mass is 9.86. The standard InChI is InChI=1S/C46H38N4/c1-45(2,3)31-18-22-40-37(25-31)36-24-29(17-21-39(36)49(40)34-12-9-8-10-13-34)35-14-11-15-42-44(35)38-26-32(46(4,5)6)19-23-41(38)50(42)43-27-33(48-7)20-16-30(43)28-47/h8-27H,1-6H3. The van der Waals surface area contributed by atoms with Crippen LogP contribution in [0.3, 0.4) is 0 Å². The topological polar surface area (TPSA) is 38.0 Å². The minimum absolute atomic E-state index is 0.0119. The highest BCUT2D eigenvalue weighted by molar-refractivity contribution is 6.17. The van der Waals surface area contributed by atoms with Gasteiger partial charge in [-0.25, -0.2) is 4.85 Å². The van der Waals surface area contributed by atoms with Gasteiger partial charge in [0.05, 0.1) is 39.9 Å². The number of aromatic nitrogens is 2. The Morgan fingerprint density at radius 3 is 1.84 bits per heavy atom. The van der Waals surface area contributed by atoms with Crippen molar-refractivity contribution >= 4 is 49.3 Å². The summed E-state index contributed by atoms with van der Waals surface area (Å²) in [6.45, 7) is 21.2. The van der Waals surface area contributed by atoms with Crippen molar-refractivity contribution in [2.24, 2.45) is 0 Å². The number of fused-ring (bicyclic) bond motifs is 6. The van der Waals surface area contributed by atoms with Gasteiger partial charge in [0.15, 0.2) is 5.69 Å². The van der Waals surface area contributed by atoms with E-state index in [0.717, 1.165) is 44.3 Å². The van der Waals surface area contributed by atoms with Crippen molar-refractivity contribution in [3.63, 3.8) is 0 Å². The average Bonchev–Trinajstić information content (AvgIpc) is 3.62. The van der Waals surface area contributed by atoms with E-state index in [1.165, 1.54) is 32.9 Å². The summed E-state index contributed by atoms with van der Waals surface area (Å²) in [5.74, 6) is 0. The first-order chi connectivity index (χ1) is 24.0. The van der Waals surface area contributed by atoms with Crippen molar-refractivity contribution < 1.29 is 0 Å². The first-order valence-electron chi connectivity index (χ1n) is 17.1. The maximum Gasteiger partial charge on any atom is 0.189 e. The van der Waals surface area contributed by atoms with Gasteiger partial charge in [-0.3, -0.25) is 0 Å². The van der Waals surface area contributed by atoms with Crippen LogP contribution < -0.4 is 0 Å². The van der Waals surface area contributed by atoms with Crippen LogP contribution in [0.1, 0.15) is 58.2 Å². The van der Waals surface area contributed by atoms with E-state index in [2.05, 4.69) is 165 Å². The number of benzene rings is 6. The molecule has 0 saturated carbocycles. The Morgan fingerprint density at radius 2 is 1.20 bits per heavy atom. The third-order valence-electron chi connectivity index (χ3n) is 10.1. The lowest BCUT2D eigenvalue weighted by molar-refractivity contribution is 0.591. The lowest BCUT2D eigenvalue weighted by Gasteiger charge is -2.19. The van der Waals surface area contributed by atoms with Crippen molar-refractivity contribution in [2.45, 2.75) is 52.4 Å². The van der Waals surface area contributed by atoms with Crippen LogP contribution in [0.4, 0.5) is 5.69 Å². The van der Waals surface area contributed by atoms with E-state index >= 15 is 0 Å². The molecule has 0 unspecified atom stereocenters. The van der Waals surface area contributed by atoms with Gasteiger partial charge in [-0.2, -0.15) is 5.26 Å². The number of nitrogens with zero attached hydrogens (tertiary/aromatic N) is 4. The molecule has 2 aromatic heterocycles. The number of hydrogen-bond acceptors (Lipinski definition) is 1. The predicted octanol–water partition coefficient (Wildman–Crippen LogP) is 12.6. The average molecular weight is 647 g/mol. The number of rotatable bonds is 3. The summed E-state index contributed by atoms with van der Waals surface area (Å²) < 4.78 is 4.54. The van der Waals surface area contributed by atoms with Gasteiger partial charge in [0, 0.05) is 27.2 Å². The first-order valence-corrected chi connectivity index (χ1v) is 17.1. The molecule has 0 amide bonds. The monoisotopic (exact) mass is 646 g/mol. The second-order valence-electron chi connectivity index (χ2n) is 15.3. The third kappa shape index (κ3) is 4.88. The summed E-state index contributed by atoms with van der Waals surface area (Å²) in [4.78, 5) is 3.71. The van der Waals surface area contributed by atoms with Gasteiger partial charge in [0.2, 0.25) is 0 Å². The molecular formula is C46H38N4. The maximum atomic E-state index is 10.2. The molecule has 0 atom stereocenters. The molecule has 4 heteroatoms. The van der Waals surface area contributed by atoms with E-state index in [1.807, 2.05) is 6.07 Å². The van der Waals surface area contributed by atoms with E-state index in [1.54, 1.807) is 12.1 Å². The number of hydrogen-bond donors (Lipinski definition) is 0. The molecule has 0 fully saturated rings. The Balaban J connectivity index is 1.48. The molecule has 0 bridgehead atoms. The fraction of sp³-hybridized carbons (Fsp3) is 0.174. The van der Waals surface area contributed by atoms with Crippen LogP contribution in [0.5, 0.6) is 0 Å². The second kappa shape index (κ2) is 11.2. The van der Waals surface area contributed by atoms with Crippen LogP contribution in [-0.4, -0.2) is 9.13 Å². The van der Waals surface area contributed by atoms with Crippen LogP contribution in [0.15, 0.2) is 121 Å². The quantitative estimate of drug-likeness (QED) is 0.176. The Labute approximate surface area is 293 Å². The van der Waals surface area contributed by atoms with Crippen molar-refractivity contribution in [1.29, 1.82) is 5.26 Å². The zero-order valence-corrected chi connectivity index (χ0v) is 29.3. The van der Waals surface area contributed by atoms with Crippen LogP contribution in [0.2, 0.25) is 0 Å². The van der Waals surface area contributed by atoms with Crippen LogP contribution in [-0.2, 0) is 10.8 Å². The van der Waals surface area contributed by atoms with Gasteiger partial charge in [0.1, 0.15) is 6.07 Å². The van der Waals surface area contributed by atoms with Crippen LogP contribution in [0.25, 0.3) is 71.0 Å². The molecule has 2 heterocycles. The van der Waals surface area contributed by atoms with E-state index < -0.39 is 0 Å². The smallest absolute Gasteiger partial charge is 0.189 e. The fourth-order valence-corrected chi connectivity index (χ4v) is 7.42. The molecule has 0 N–H and O–H groups in total. The second-order valence-corrected chi connectivity index (χ2v) is 15.3. The molecule has 8 rings (SSSR count). The van der Waals surface area contributed by atoms with Crippen LogP contribution in [0, 0.1) is 17.9 Å². The molecule has 6 aromatic carbocycles. The van der Waals surface area contributed by atoms with Crippen molar-refractivity contribution in [2.75, 3.05) is 0 Å². The molecule has 0 aliphatic heterocycles. The van der Waals surface area contributed by atoms with Gasteiger partial charge in [-0.15, -0.1) is 0 Å². The summed E-state index contributed by atoms with van der Waals surface area (Å²) in [5.41, 5.74) is 12.0. The van der Waals surface area contributed by atoms with Crippen molar-refractivity contribution in [3.8, 4) is 28.6 Å². The van der Waals surface area contributed by atoms with Crippen molar-refractivity contribution in [3.05, 3.63) is 149 Å². The summed E-state index contributed by atoms with van der Waals surface area (Å²) >= 11 is 0. The molecule has 0 aliphatic carbocycles. The Kier molecular flexibility index (Phi) is 7.00. The van der Waals surface area contributed by atoms with Gasteiger partial charge in [-0.05, 0) is 93.7 Å². The molecule has 0 spiro atoms. The molecule has 0 saturated heterocycles. The van der Waals surface area contributed by atoms with Gasteiger partial charge >= 0.3 is 0 Å². The normalized spacial score (nSPS) is 12.2. The van der Waals surface area contributed by atoms with Gasteiger partial charge in [0.25, 0.3) is 0 Å². The van der Waals surface area contributed by atoms with E-state index in [0.29, 0.717) is 11.3 Å². The highest BCUT2D eigenvalue weighted by Crippen LogP contribution is 2.43. The molecule has 4 nitrogen and oxygen atoms in total. The molecule has 242 valence electrons. The minimum Gasteiger partial charge on any atom is -0.309 e. The lowest BCUT2D eigenvalue weighted by Crippen LogP contribution is -2.10. The largest absolute Gasteiger partial charge is 0.309 e. The molecule has 0 radical (unpaired) electrons. The van der Waals surface area contributed by atoms with E-state index in [9.17, 15) is 5.26 Å². The predicted molar refractivity (Wildman–Crippen MR) is 209 cm³/mol.